The Balaban J connectivity index is 2.45. The van der Waals surface area contributed by atoms with Crippen molar-refractivity contribution in [3.8, 4) is 0 Å². The molecule has 1 rings (SSSR count). The molecule has 0 aliphatic carbocycles. The number of nitrogens with one attached hydrogen (secondary N) is 2. The Morgan fingerprint density at radius 1 is 1.00 bits per heavy atom. The van der Waals surface area contributed by atoms with E-state index in [0.717, 1.165) is 23.5 Å². The maximum atomic E-state index is 12.3. The number of carbonyl (C=O) groups is 4. The quantitative estimate of drug-likeness (QED) is 0.621. The zero-order chi connectivity index (χ0) is 19.5. The molecule has 0 fully saturated rings. The van der Waals surface area contributed by atoms with Gasteiger partial charge < -0.3 is 10.6 Å². The van der Waals surface area contributed by atoms with Crippen molar-refractivity contribution in [2.75, 3.05) is 18.1 Å². The summed E-state index contributed by atoms with van der Waals surface area (Å²) in [6.45, 7) is 5.17. The SMILES string of the molecule is CC(=O)SC[C@H](NC(=O)C(C)C)C(=O)NCCSC(=O)c1ccccc1. The molecule has 1 aromatic carbocycles. The van der Waals surface area contributed by atoms with Gasteiger partial charge >= 0.3 is 0 Å². The number of carbonyl (C=O) groups excluding carboxylic acids is 4. The number of hydrogen-bond acceptors (Lipinski definition) is 6. The molecule has 26 heavy (non-hydrogen) atoms. The van der Waals surface area contributed by atoms with Gasteiger partial charge in [-0.05, 0) is 0 Å². The van der Waals surface area contributed by atoms with Gasteiger partial charge in [-0.3, -0.25) is 19.2 Å². The van der Waals surface area contributed by atoms with Crippen LogP contribution in [0.25, 0.3) is 0 Å². The van der Waals surface area contributed by atoms with Gasteiger partial charge in [-0.25, -0.2) is 0 Å². The third kappa shape index (κ3) is 8.53. The smallest absolute Gasteiger partial charge is 0.243 e. The maximum Gasteiger partial charge on any atom is 0.243 e. The van der Waals surface area contributed by atoms with Crippen molar-refractivity contribution < 1.29 is 19.2 Å². The number of thioether (sulfide) groups is 2. The third-order valence-corrected chi connectivity index (χ3v) is 5.07. The van der Waals surface area contributed by atoms with E-state index in [1.165, 1.54) is 6.92 Å². The van der Waals surface area contributed by atoms with Crippen LogP contribution >= 0.6 is 23.5 Å². The van der Waals surface area contributed by atoms with Crippen LogP contribution in [0.1, 0.15) is 31.1 Å². The van der Waals surface area contributed by atoms with Crippen molar-refractivity contribution in [2.24, 2.45) is 5.92 Å². The van der Waals surface area contributed by atoms with E-state index in [0.29, 0.717) is 17.9 Å². The van der Waals surface area contributed by atoms with Crippen molar-refractivity contribution in [3.63, 3.8) is 0 Å². The normalized spacial score (nSPS) is 11.7. The topological polar surface area (TPSA) is 92.3 Å². The van der Waals surface area contributed by atoms with Crippen LogP contribution in [0, 0.1) is 5.92 Å². The van der Waals surface area contributed by atoms with E-state index >= 15 is 0 Å². The molecule has 0 saturated carbocycles. The lowest BCUT2D eigenvalue weighted by atomic mass is 10.2. The van der Waals surface area contributed by atoms with Gasteiger partial charge in [-0.15, -0.1) is 0 Å². The lowest BCUT2D eigenvalue weighted by Gasteiger charge is -2.18. The molecule has 0 saturated heterocycles. The predicted molar refractivity (Wildman–Crippen MR) is 106 cm³/mol. The van der Waals surface area contributed by atoms with Crippen LogP contribution in [-0.2, 0) is 14.4 Å². The highest BCUT2D eigenvalue weighted by molar-refractivity contribution is 8.14. The molecule has 0 radical (unpaired) electrons. The zero-order valence-corrected chi connectivity index (χ0v) is 16.7. The van der Waals surface area contributed by atoms with Gasteiger partial charge in [-0.1, -0.05) is 67.7 Å². The van der Waals surface area contributed by atoms with Gasteiger partial charge in [0.05, 0.1) is 0 Å². The molecule has 0 unspecified atom stereocenters. The molecule has 0 spiro atoms. The first-order valence-corrected chi connectivity index (χ1v) is 10.2. The standard InChI is InChI=1S/C18H24N2O4S2/c1-12(2)16(22)20-15(11-26-13(3)21)17(23)19-9-10-25-18(24)14-7-5-4-6-8-14/h4-8,12,15H,9-11H2,1-3H3,(H,19,23)(H,20,22)/t15-/m0/s1. The molecular formula is C18H24N2O4S2. The van der Waals surface area contributed by atoms with Crippen LogP contribution in [0.3, 0.4) is 0 Å². The first-order valence-electron chi connectivity index (χ1n) is 8.25. The summed E-state index contributed by atoms with van der Waals surface area (Å²) in [5, 5.41) is 5.18. The number of hydrogen-bond donors (Lipinski definition) is 2. The fraction of sp³-hybridized carbons (Fsp3) is 0.444. The first kappa shape index (κ1) is 22.2. The monoisotopic (exact) mass is 396 g/mol. The van der Waals surface area contributed by atoms with Gasteiger partial charge in [0.1, 0.15) is 6.04 Å². The first-order chi connectivity index (χ1) is 12.3. The van der Waals surface area contributed by atoms with Crippen molar-refractivity contribution in [1.82, 2.24) is 10.6 Å². The Hall–Kier alpha value is -1.80. The summed E-state index contributed by atoms with van der Waals surface area (Å²) in [6.07, 6.45) is 0. The molecule has 1 aromatic rings. The van der Waals surface area contributed by atoms with Gasteiger partial charge in [0.25, 0.3) is 0 Å². The second-order valence-corrected chi connectivity index (χ2v) is 8.08. The summed E-state index contributed by atoms with van der Waals surface area (Å²) < 4.78 is 0. The Bertz CT molecular complexity index is 635. The van der Waals surface area contributed by atoms with Crippen molar-refractivity contribution in [1.29, 1.82) is 0 Å². The molecule has 2 N–H and O–H groups in total. The lowest BCUT2D eigenvalue weighted by Crippen LogP contribution is -2.50. The number of amides is 2. The zero-order valence-electron chi connectivity index (χ0n) is 15.1. The second kappa shape index (κ2) is 11.7. The van der Waals surface area contributed by atoms with Crippen molar-refractivity contribution >= 4 is 45.6 Å². The summed E-state index contributed by atoms with van der Waals surface area (Å²) in [5.74, 6) is -0.269. The number of rotatable bonds is 9. The molecule has 2 amide bonds. The Morgan fingerprint density at radius 2 is 1.65 bits per heavy atom. The third-order valence-electron chi connectivity index (χ3n) is 3.25. The van der Waals surface area contributed by atoms with Gasteiger partial charge in [0.15, 0.2) is 5.12 Å². The van der Waals surface area contributed by atoms with Crippen LogP contribution in [0.5, 0.6) is 0 Å². The molecule has 0 aromatic heterocycles. The van der Waals surface area contributed by atoms with Crippen LogP contribution in [0.2, 0.25) is 0 Å². The molecule has 1 atom stereocenters. The predicted octanol–water partition coefficient (Wildman–Crippen LogP) is 2.10. The van der Waals surface area contributed by atoms with Crippen LogP contribution < -0.4 is 10.6 Å². The average Bonchev–Trinajstić information content (AvgIpc) is 2.62. The molecule has 0 heterocycles. The molecular weight excluding hydrogens is 372 g/mol. The van der Waals surface area contributed by atoms with Gasteiger partial charge in [-0.2, -0.15) is 0 Å². The van der Waals surface area contributed by atoms with E-state index in [9.17, 15) is 19.2 Å². The fourth-order valence-electron chi connectivity index (χ4n) is 1.82. The molecule has 0 aliphatic rings. The van der Waals surface area contributed by atoms with Crippen LogP contribution in [0.4, 0.5) is 0 Å². The van der Waals surface area contributed by atoms with Crippen LogP contribution in [-0.4, -0.2) is 46.1 Å². The summed E-state index contributed by atoms with van der Waals surface area (Å²) in [6, 6.07) is 8.13. The summed E-state index contributed by atoms with van der Waals surface area (Å²) in [5.41, 5.74) is 0.615. The average molecular weight is 397 g/mol. The highest BCUT2D eigenvalue weighted by Gasteiger charge is 2.22. The Morgan fingerprint density at radius 3 is 2.23 bits per heavy atom. The van der Waals surface area contributed by atoms with E-state index in [-0.39, 0.29) is 33.7 Å². The molecule has 0 bridgehead atoms. The highest BCUT2D eigenvalue weighted by Crippen LogP contribution is 2.11. The highest BCUT2D eigenvalue weighted by atomic mass is 32.2. The van der Waals surface area contributed by atoms with Crippen molar-refractivity contribution in [2.45, 2.75) is 26.8 Å². The summed E-state index contributed by atoms with van der Waals surface area (Å²) >= 11 is 2.11. The lowest BCUT2D eigenvalue weighted by molar-refractivity contribution is -0.130. The molecule has 142 valence electrons. The Labute approximate surface area is 162 Å². The van der Waals surface area contributed by atoms with E-state index in [2.05, 4.69) is 10.6 Å². The molecule has 6 nitrogen and oxygen atoms in total. The van der Waals surface area contributed by atoms with E-state index in [4.69, 9.17) is 0 Å². The molecule has 0 aliphatic heterocycles. The number of benzene rings is 1. The summed E-state index contributed by atoms with van der Waals surface area (Å²) in [4.78, 5) is 47.2. The van der Waals surface area contributed by atoms with E-state index < -0.39 is 6.04 Å². The minimum absolute atomic E-state index is 0.0587. The Kier molecular flexibility index (Phi) is 10.0. The van der Waals surface area contributed by atoms with Crippen molar-refractivity contribution in [3.05, 3.63) is 35.9 Å². The minimum atomic E-state index is -0.784. The van der Waals surface area contributed by atoms with Gasteiger partial charge in [0, 0.05) is 36.5 Å². The fourth-order valence-corrected chi connectivity index (χ4v) is 3.15. The summed E-state index contributed by atoms with van der Waals surface area (Å²) in [7, 11) is 0. The second-order valence-electron chi connectivity index (χ2n) is 5.81. The largest absolute Gasteiger partial charge is 0.353 e. The maximum absolute atomic E-state index is 12.3. The van der Waals surface area contributed by atoms with Gasteiger partial charge in [0.2, 0.25) is 16.9 Å². The van der Waals surface area contributed by atoms with E-state index in [1.54, 1.807) is 38.1 Å². The van der Waals surface area contributed by atoms with Crippen LogP contribution in [0.15, 0.2) is 30.3 Å². The van der Waals surface area contributed by atoms with E-state index in [1.807, 2.05) is 6.07 Å². The molecule has 8 heteroatoms. The minimum Gasteiger partial charge on any atom is -0.353 e.